The van der Waals surface area contributed by atoms with Crippen molar-refractivity contribution in [1.82, 2.24) is 0 Å². The molecule has 2 aromatic carbocycles. The van der Waals surface area contributed by atoms with E-state index in [4.69, 9.17) is 0 Å². The van der Waals surface area contributed by atoms with E-state index in [1.165, 1.54) is 17.5 Å². The molecule has 3 aliphatic rings. The minimum atomic E-state index is -0.638. The Morgan fingerprint density at radius 3 is 2.52 bits per heavy atom. The maximum atomic E-state index is 11.8. The molecule has 4 heteroatoms. The van der Waals surface area contributed by atoms with Crippen LogP contribution in [0, 0.1) is 17.3 Å². The van der Waals surface area contributed by atoms with Gasteiger partial charge in [-0.1, -0.05) is 13.0 Å². The standard InChI is InChI=1S/C25H30O3S/c1-24-12-10-21-20-9-5-18(27)14-16(20)2-8-22(21)23(24)11-13-25(24,28)15-29-19-6-3-17(26)4-7-19/h3-7,9,14,21-23,26-28H,2,8,10-13,15H2,1H3/t21?,22?,23?,24-,25+/m0/s1. The zero-order valence-corrected chi connectivity index (χ0v) is 17.8. The van der Waals surface area contributed by atoms with Crippen molar-refractivity contribution in [3.05, 3.63) is 53.6 Å². The van der Waals surface area contributed by atoms with Crippen LogP contribution in [0.5, 0.6) is 11.5 Å². The summed E-state index contributed by atoms with van der Waals surface area (Å²) in [5, 5.41) is 31.1. The summed E-state index contributed by atoms with van der Waals surface area (Å²) in [7, 11) is 0. The molecule has 2 aromatic rings. The Hall–Kier alpha value is -1.65. The van der Waals surface area contributed by atoms with Crippen LogP contribution in [0.1, 0.15) is 56.1 Å². The summed E-state index contributed by atoms with van der Waals surface area (Å²) in [6, 6.07) is 13.2. The minimum Gasteiger partial charge on any atom is -0.508 e. The molecule has 5 rings (SSSR count). The highest BCUT2D eigenvalue weighted by atomic mass is 32.2. The van der Waals surface area contributed by atoms with Gasteiger partial charge in [-0.25, -0.2) is 0 Å². The van der Waals surface area contributed by atoms with Crippen LogP contribution in [0.15, 0.2) is 47.4 Å². The van der Waals surface area contributed by atoms with Crippen molar-refractivity contribution in [2.24, 2.45) is 17.3 Å². The summed E-state index contributed by atoms with van der Waals surface area (Å²) >= 11 is 1.71. The van der Waals surface area contributed by atoms with Gasteiger partial charge < -0.3 is 15.3 Å². The Balaban J connectivity index is 1.37. The first kappa shape index (κ1) is 19.3. The first-order valence-electron chi connectivity index (χ1n) is 10.9. The molecule has 154 valence electrons. The first-order valence-corrected chi connectivity index (χ1v) is 11.8. The van der Waals surface area contributed by atoms with Gasteiger partial charge in [0.05, 0.1) is 5.60 Å². The van der Waals surface area contributed by atoms with Gasteiger partial charge in [0.25, 0.3) is 0 Å². The molecule has 0 saturated heterocycles. The molecule has 5 atom stereocenters. The van der Waals surface area contributed by atoms with E-state index in [9.17, 15) is 15.3 Å². The van der Waals surface area contributed by atoms with Gasteiger partial charge in [-0.2, -0.15) is 0 Å². The topological polar surface area (TPSA) is 60.7 Å². The van der Waals surface area contributed by atoms with Crippen molar-refractivity contribution < 1.29 is 15.3 Å². The smallest absolute Gasteiger partial charge is 0.115 e. The monoisotopic (exact) mass is 410 g/mol. The van der Waals surface area contributed by atoms with E-state index < -0.39 is 5.60 Å². The molecule has 0 aliphatic heterocycles. The zero-order chi connectivity index (χ0) is 20.2. The van der Waals surface area contributed by atoms with Crippen molar-refractivity contribution in [3.63, 3.8) is 0 Å². The number of aryl methyl sites for hydroxylation is 1. The summed E-state index contributed by atoms with van der Waals surface area (Å²) in [5.74, 6) is 3.15. The lowest BCUT2D eigenvalue weighted by Crippen LogP contribution is -2.52. The van der Waals surface area contributed by atoms with Crippen molar-refractivity contribution >= 4 is 11.8 Å². The van der Waals surface area contributed by atoms with E-state index in [0.717, 1.165) is 37.0 Å². The van der Waals surface area contributed by atoms with Gasteiger partial charge in [0.15, 0.2) is 0 Å². The Labute approximate surface area is 177 Å². The summed E-state index contributed by atoms with van der Waals surface area (Å²) in [4.78, 5) is 1.10. The number of fused-ring (bicyclic) bond motifs is 5. The second kappa shape index (κ2) is 6.95. The lowest BCUT2D eigenvalue weighted by atomic mass is 9.53. The molecule has 3 aliphatic carbocycles. The Morgan fingerprint density at radius 1 is 0.966 bits per heavy atom. The molecule has 29 heavy (non-hydrogen) atoms. The summed E-state index contributed by atoms with van der Waals surface area (Å²) < 4.78 is 0. The van der Waals surface area contributed by atoms with Gasteiger partial charge in [-0.15, -0.1) is 11.8 Å². The van der Waals surface area contributed by atoms with E-state index in [0.29, 0.717) is 29.3 Å². The van der Waals surface area contributed by atoms with Crippen molar-refractivity contribution in [2.45, 2.75) is 61.9 Å². The molecule has 3 nitrogen and oxygen atoms in total. The highest BCUT2D eigenvalue weighted by Gasteiger charge is 2.61. The minimum absolute atomic E-state index is 0.0352. The molecular weight excluding hydrogens is 380 g/mol. The van der Waals surface area contributed by atoms with E-state index >= 15 is 0 Å². The molecule has 0 spiro atoms. The summed E-state index contributed by atoms with van der Waals surface area (Å²) in [6.07, 6.45) is 6.39. The van der Waals surface area contributed by atoms with Gasteiger partial charge in [-0.05, 0) is 104 Å². The van der Waals surface area contributed by atoms with Crippen LogP contribution in [-0.2, 0) is 6.42 Å². The number of benzene rings is 2. The Bertz CT molecular complexity index is 911. The second-order valence-corrected chi connectivity index (χ2v) is 10.7. The van der Waals surface area contributed by atoms with Crippen LogP contribution >= 0.6 is 11.8 Å². The van der Waals surface area contributed by atoms with Crippen molar-refractivity contribution in [1.29, 1.82) is 0 Å². The lowest BCUT2D eigenvalue weighted by Gasteiger charge is -2.53. The van der Waals surface area contributed by atoms with Gasteiger partial charge in [0.1, 0.15) is 11.5 Å². The normalized spacial score (nSPS) is 35.6. The van der Waals surface area contributed by atoms with Crippen LogP contribution < -0.4 is 0 Å². The zero-order valence-electron chi connectivity index (χ0n) is 17.0. The van der Waals surface area contributed by atoms with E-state index in [1.807, 2.05) is 24.3 Å². The molecule has 3 N–H and O–H groups in total. The fourth-order valence-corrected chi connectivity index (χ4v) is 7.87. The van der Waals surface area contributed by atoms with E-state index in [1.54, 1.807) is 23.9 Å². The molecule has 0 aromatic heterocycles. The lowest BCUT2D eigenvalue weighted by molar-refractivity contribution is -0.0868. The molecule has 2 fully saturated rings. The maximum absolute atomic E-state index is 11.8. The van der Waals surface area contributed by atoms with E-state index in [-0.39, 0.29) is 11.2 Å². The number of aliphatic hydroxyl groups is 1. The molecule has 2 saturated carbocycles. The van der Waals surface area contributed by atoms with Gasteiger partial charge in [-0.3, -0.25) is 0 Å². The van der Waals surface area contributed by atoms with Crippen molar-refractivity contribution in [3.8, 4) is 11.5 Å². The Morgan fingerprint density at radius 2 is 1.72 bits per heavy atom. The number of hydrogen-bond acceptors (Lipinski definition) is 4. The van der Waals surface area contributed by atoms with Gasteiger partial charge in [0, 0.05) is 16.1 Å². The largest absolute Gasteiger partial charge is 0.508 e. The maximum Gasteiger partial charge on any atom is 0.115 e. The van der Waals surface area contributed by atoms with Crippen LogP contribution in [0.4, 0.5) is 0 Å². The number of phenols is 2. The second-order valence-electron chi connectivity index (χ2n) is 9.61. The highest BCUT2D eigenvalue weighted by Crippen LogP contribution is 2.65. The van der Waals surface area contributed by atoms with Gasteiger partial charge >= 0.3 is 0 Å². The Kier molecular flexibility index (Phi) is 4.63. The van der Waals surface area contributed by atoms with Crippen LogP contribution in [-0.4, -0.2) is 26.7 Å². The predicted molar refractivity (Wildman–Crippen MR) is 117 cm³/mol. The molecular formula is C25H30O3S. The molecule has 3 unspecified atom stereocenters. The molecule has 0 heterocycles. The quantitative estimate of drug-likeness (QED) is 0.587. The average molecular weight is 411 g/mol. The molecule has 0 radical (unpaired) electrons. The molecule has 0 amide bonds. The van der Waals surface area contributed by atoms with Crippen LogP contribution in [0.2, 0.25) is 0 Å². The number of thioether (sulfide) groups is 1. The molecule has 0 bridgehead atoms. The fraction of sp³-hybridized carbons (Fsp3) is 0.520. The fourth-order valence-electron chi connectivity index (χ4n) is 6.66. The van der Waals surface area contributed by atoms with E-state index in [2.05, 4.69) is 13.0 Å². The van der Waals surface area contributed by atoms with Gasteiger partial charge in [0.2, 0.25) is 0 Å². The summed E-state index contributed by atoms with van der Waals surface area (Å²) in [5.41, 5.74) is 2.09. The highest BCUT2D eigenvalue weighted by molar-refractivity contribution is 7.99. The first-order chi connectivity index (χ1) is 13.9. The number of rotatable bonds is 3. The number of aromatic hydroxyl groups is 2. The third kappa shape index (κ3) is 3.07. The van der Waals surface area contributed by atoms with Crippen LogP contribution in [0.3, 0.4) is 0 Å². The number of phenolic OH excluding ortho intramolecular Hbond substituents is 2. The predicted octanol–water partition coefficient (Wildman–Crippen LogP) is 5.48. The van der Waals surface area contributed by atoms with Crippen molar-refractivity contribution in [2.75, 3.05) is 5.75 Å². The number of hydrogen-bond donors (Lipinski definition) is 3. The SMILES string of the molecule is C[C@]12CCC3c4ccc(O)cc4CCC3C1CC[C@@]2(O)CSc1ccc(O)cc1. The third-order valence-corrected chi connectivity index (χ3v) is 9.57. The average Bonchev–Trinajstić information content (AvgIpc) is 2.98. The third-order valence-electron chi connectivity index (χ3n) is 8.35. The summed E-state index contributed by atoms with van der Waals surface area (Å²) in [6.45, 7) is 2.34. The van der Waals surface area contributed by atoms with Crippen LogP contribution in [0.25, 0.3) is 0 Å².